The standard InChI is InChI=1S/C16H14ClN5OS/c1-10-5-6-13(18-8-10)20-16(24)19-9-14-21-15(22-23-14)11-3-2-4-12(17)7-11/h2-8H,9H2,1H3,(H2,18,19,20,24). The van der Waals surface area contributed by atoms with E-state index in [2.05, 4.69) is 25.8 Å². The van der Waals surface area contributed by atoms with Crippen molar-refractivity contribution in [3.8, 4) is 11.4 Å². The summed E-state index contributed by atoms with van der Waals surface area (Å²) < 4.78 is 5.21. The molecule has 2 N–H and O–H groups in total. The van der Waals surface area contributed by atoms with E-state index in [0.717, 1.165) is 11.1 Å². The minimum absolute atomic E-state index is 0.311. The number of halogens is 1. The minimum Gasteiger partial charge on any atom is -0.353 e. The van der Waals surface area contributed by atoms with Crippen LogP contribution in [-0.4, -0.2) is 20.2 Å². The fourth-order valence-corrected chi connectivity index (χ4v) is 2.30. The van der Waals surface area contributed by atoms with Crippen molar-refractivity contribution in [2.75, 3.05) is 5.32 Å². The van der Waals surface area contributed by atoms with Crippen LogP contribution in [0.1, 0.15) is 11.5 Å². The lowest BCUT2D eigenvalue weighted by Crippen LogP contribution is -2.28. The van der Waals surface area contributed by atoms with Crippen molar-refractivity contribution >= 4 is 34.7 Å². The molecule has 2 aromatic heterocycles. The summed E-state index contributed by atoms with van der Waals surface area (Å²) in [6.45, 7) is 2.28. The predicted molar refractivity (Wildman–Crippen MR) is 96.8 cm³/mol. The second-order valence-corrected chi connectivity index (χ2v) is 5.90. The van der Waals surface area contributed by atoms with Gasteiger partial charge in [0.15, 0.2) is 5.11 Å². The molecular weight excluding hydrogens is 346 g/mol. The Labute approximate surface area is 149 Å². The molecule has 122 valence electrons. The average Bonchev–Trinajstić information content (AvgIpc) is 3.04. The Morgan fingerprint density at radius 3 is 2.92 bits per heavy atom. The number of aromatic nitrogens is 3. The number of hydrogen-bond donors (Lipinski definition) is 2. The van der Waals surface area contributed by atoms with Crippen molar-refractivity contribution in [2.24, 2.45) is 0 Å². The summed E-state index contributed by atoms with van der Waals surface area (Å²) in [7, 11) is 0. The van der Waals surface area contributed by atoms with E-state index in [1.54, 1.807) is 18.3 Å². The van der Waals surface area contributed by atoms with Crippen molar-refractivity contribution < 1.29 is 4.52 Å². The molecule has 0 amide bonds. The third-order valence-electron chi connectivity index (χ3n) is 3.10. The first-order valence-corrected chi connectivity index (χ1v) is 7.95. The Balaban J connectivity index is 1.57. The number of anilines is 1. The Bertz CT molecular complexity index is 850. The topological polar surface area (TPSA) is 75.9 Å². The molecule has 2 heterocycles. The zero-order chi connectivity index (χ0) is 16.9. The molecule has 0 aliphatic heterocycles. The highest BCUT2D eigenvalue weighted by atomic mass is 35.5. The SMILES string of the molecule is Cc1ccc(NC(=S)NCc2nc(-c3cccc(Cl)c3)no2)nc1. The lowest BCUT2D eigenvalue weighted by Gasteiger charge is -2.07. The zero-order valence-corrected chi connectivity index (χ0v) is 14.4. The van der Waals surface area contributed by atoms with Crippen molar-refractivity contribution in [2.45, 2.75) is 13.5 Å². The van der Waals surface area contributed by atoms with E-state index in [9.17, 15) is 0 Å². The highest BCUT2D eigenvalue weighted by Gasteiger charge is 2.09. The van der Waals surface area contributed by atoms with E-state index in [-0.39, 0.29) is 0 Å². The van der Waals surface area contributed by atoms with Crippen LogP contribution in [0.15, 0.2) is 47.1 Å². The van der Waals surface area contributed by atoms with Crippen LogP contribution in [0.4, 0.5) is 5.82 Å². The smallest absolute Gasteiger partial charge is 0.246 e. The number of rotatable bonds is 4. The maximum Gasteiger partial charge on any atom is 0.246 e. The summed E-state index contributed by atoms with van der Waals surface area (Å²) in [6, 6.07) is 11.1. The summed E-state index contributed by atoms with van der Waals surface area (Å²) in [5.41, 5.74) is 1.88. The summed E-state index contributed by atoms with van der Waals surface area (Å²) >= 11 is 11.2. The molecule has 0 aliphatic rings. The average molecular weight is 360 g/mol. The van der Waals surface area contributed by atoms with Crippen LogP contribution in [0.2, 0.25) is 5.02 Å². The molecule has 0 unspecified atom stereocenters. The van der Waals surface area contributed by atoms with Gasteiger partial charge >= 0.3 is 0 Å². The summed E-state index contributed by atoms with van der Waals surface area (Å²) in [6.07, 6.45) is 1.76. The van der Waals surface area contributed by atoms with E-state index >= 15 is 0 Å². The molecule has 3 rings (SSSR count). The van der Waals surface area contributed by atoms with Crippen molar-refractivity contribution in [3.05, 3.63) is 59.1 Å². The normalized spacial score (nSPS) is 10.4. The fourth-order valence-electron chi connectivity index (χ4n) is 1.93. The molecule has 8 heteroatoms. The molecule has 1 aromatic carbocycles. The first kappa shape index (κ1) is 16.4. The number of aryl methyl sites for hydroxylation is 1. The van der Waals surface area contributed by atoms with Crippen molar-refractivity contribution in [1.82, 2.24) is 20.4 Å². The Morgan fingerprint density at radius 2 is 2.17 bits per heavy atom. The van der Waals surface area contributed by atoms with Crippen LogP contribution in [-0.2, 0) is 6.54 Å². The second-order valence-electron chi connectivity index (χ2n) is 5.05. The summed E-state index contributed by atoms with van der Waals surface area (Å²) in [5, 5.41) is 11.0. The van der Waals surface area contributed by atoms with Gasteiger partial charge in [-0.15, -0.1) is 0 Å². The quantitative estimate of drug-likeness (QED) is 0.689. The molecule has 0 aliphatic carbocycles. The van der Waals surface area contributed by atoms with E-state index < -0.39 is 0 Å². The molecule has 0 saturated heterocycles. The van der Waals surface area contributed by atoms with E-state index in [1.165, 1.54) is 0 Å². The Morgan fingerprint density at radius 1 is 1.29 bits per heavy atom. The first-order valence-electron chi connectivity index (χ1n) is 7.16. The van der Waals surface area contributed by atoms with Crippen molar-refractivity contribution in [1.29, 1.82) is 0 Å². The maximum absolute atomic E-state index is 5.96. The van der Waals surface area contributed by atoms with Gasteiger partial charge in [-0.2, -0.15) is 4.98 Å². The number of benzene rings is 1. The molecule has 0 radical (unpaired) electrons. The molecule has 3 aromatic rings. The highest BCUT2D eigenvalue weighted by Crippen LogP contribution is 2.19. The third kappa shape index (κ3) is 4.27. The van der Waals surface area contributed by atoms with Gasteiger partial charge in [-0.1, -0.05) is 35.0 Å². The minimum atomic E-state index is 0.311. The van der Waals surface area contributed by atoms with Gasteiger partial charge in [0, 0.05) is 16.8 Å². The zero-order valence-electron chi connectivity index (χ0n) is 12.8. The molecule has 0 bridgehead atoms. The van der Waals surface area contributed by atoms with Crippen molar-refractivity contribution in [3.63, 3.8) is 0 Å². The molecule has 0 saturated carbocycles. The van der Waals surface area contributed by atoms with E-state index in [1.807, 2.05) is 31.2 Å². The summed E-state index contributed by atoms with van der Waals surface area (Å²) in [4.78, 5) is 8.53. The Hall–Kier alpha value is -2.51. The van der Waals surface area contributed by atoms with Gasteiger partial charge < -0.3 is 15.2 Å². The number of thiocarbonyl (C=S) groups is 1. The highest BCUT2D eigenvalue weighted by molar-refractivity contribution is 7.80. The van der Waals surface area contributed by atoms with E-state index in [4.69, 9.17) is 28.3 Å². The van der Waals surface area contributed by atoms with E-state index in [0.29, 0.717) is 34.2 Å². The second kappa shape index (κ2) is 7.37. The molecule has 0 spiro atoms. The van der Waals surface area contributed by atoms with Gasteiger partial charge in [0.05, 0.1) is 6.54 Å². The molecule has 0 fully saturated rings. The first-order chi connectivity index (χ1) is 11.6. The van der Waals surface area contributed by atoms with Gasteiger partial charge in [0.2, 0.25) is 11.7 Å². The third-order valence-corrected chi connectivity index (χ3v) is 3.59. The van der Waals surface area contributed by atoms with Gasteiger partial charge in [-0.05, 0) is 42.9 Å². The number of nitrogens with zero attached hydrogens (tertiary/aromatic N) is 3. The molecule has 24 heavy (non-hydrogen) atoms. The van der Waals surface area contributed by atoms with Gasteiger partial charge in [-0.3, -0.25) is 0 Å². The van der Waals surface area contributed by atoms with Crippen LogP contribution in [0, 0.1) is 6.92 Å². The Kier molecular flexibility index (Phi) is 5.02. The summed E-state index contributed by atoms with van der Waals surface area (Å²) in [5.74, 6) is 1.57. The number of pyridine rings is 1. The van der Waals surface area contributed by atoms with Gasteiger partial charge in [0.1, 0.15) is 5.82 Å². The largest absolute Gasteiger partial charge is 0.353 e. The van der Waals surface area contributed by atoms with Gasteiger partial charge in [-0.25, -0.2) is 4.98 Å². The molecular formula is C16H14ClN5OS. The molecule has 6 nitrogen and oxygen atoms in total. The number of nitrogens with one attached hydrogen (secondary N) is 2. The lowest BCUT2D eigenvalue weighted by atomic mass is 10.2. The van der Waals surface area contributed by atoms with Crippen LogP contribution >= 0.6 is 23.8 Å². The lowest BCUT2D eigenvalue weighted by molar-refractivity contribution is 0.376. The maximum atomic E-state index is 5.96. The fraction of sp³-hybridized carbons (Fsp3) is 0.125. The van der Waals surface area contributed by atoms with Crippen LogP contribution in [0.3, 0.4) is 0 Å². The van der Waals surface area contributed by atoms with Crippen LogP contribution in [0.25, 0.3) is 11.4 Å². The number of hydrogen-bond acceptors (Lipinski definition) is 5. The van der Waals surface area contributed by atoms with Crippen LogP contribution < -0.4 is 10.6 Å². The van der Waals surface area contributed by atoms with Crippen LogP contribution in [0.5, 0.6) is 0 Å². The molecule has 0 atom stereocenters. The van der Waals surface area contributed by atoms with Gasteiger partial charge in [0.25, 0.3) is 0 Å². The predicted octanol–water partition coefficient (Wildman–Crippen LogP) is 3.58. The monoisotopic (exact) mass is 359 g/mol.